The van der Waals surface area contributed by atoms with E-state index in [9.17, 15) is 18.0 Å². The lowest BCUT2D eigenvalue weighted by atomic mass is 9.84. The molecule has 1 aliphatic carbocycles. The summed E-state index contributed by atoms with van der Waals surface area (Å²) in [6.07, 6.45) is -1.24. The van der Waals surface area contributed by atoms with Gasteiger partial charge in [-0.3, -0.25) is 4.79 Å². The van der Waals surface area contributed by atoms with E-state index >= 15 is 0 Å². The summed E-state index contributed by atoms with van der Waals surface area (Å²) in [5.41, 5.74) is 5.68. The number of carbonyl (C=O) groups excluding carboxylic acids is 1. The van der Waals surface area contributed by atoms with Gasteiger partial charge in [-0.25, -0.2) is 0 Å². The van der Waals surface area contributed by atoms with E-state index in [0.29, 0.717) is 12.8 Å². The molecule has 1 rings (SSSR count). The monoisotopic (exact) mass is 224 g/mol. The highest BCUT2D eigenvalue weighted by atomic mass is 19.4. The highest BCUT2D eigenvalue weighted by molar-refractivity contribution is 5.79. The molecule has 0 radical (unpaired) electrons. The third-order valence-corrected chi connectivity index (χ3v) is 2.62. The van der Waals surface area contributed by atoms with Crippen molar-refractivity contribution in [1.82, 2.24) is 5.32 Å². The number of rotatable bonds is 2. The second-order valence-electron chi connectivity index (χ2n) is 3.89. The van der Waals surface area contributed by atoms with Crippen LogP contribution in [0, 0.1) is 5.92 Å². The zero-order valence-electron chi connectivity index (χ0n) is 8.31. The first-order valence-corrected chi connectivity index (χ1v) is 5.00. The second-order valence-corrected chi connectivity index (χ2v) is 3.89. The molecule has 3 N–H and O–H groups in total. The molecule has 0 aromatic heterocycles. The Hall–Kier alpha value is -0.780. The molecule has 1 saturated carbocycles. The average molecular weight is 224 g/mol. The summed E-state index contributed by atoms with van der Waals surface area (Å²) in [5, 5.41) is 1.88. The Labute approximate surface area is 86.2 Å². The van der Waals surface area contributed by atoms with Crippen LogP contribution >= 0.6 is 0 Å². The van der Waals surface area contributed by atoms with Gasteiger partial charge in [0, 0.05) is 6.04 Å². The summed E-state index contributed by atoms with van der Waals surface area (Å²) in [7, 11) is 0. The first-order chi connectivity index (χ1) is 6.90. The molecule has 1 aliphatic rings. The van der Waals surface area contributed by atoms with Crippen LogP contribution in [0.1, 0.15) is 25.7 Å². The number of amides is 1. The highest BCUT2D eigenvalue weighted by Gasteiger charge is 2.32. The van der Waals surface area contributed by atoms with Gasteiger partial charge in [-0.05, 0) is 12.8 Å². The van der Waals surface area contributed by atoms with Crippen LogP contribution in [0.4, 0.5) is 13.2 Å². The van der Waals surface area contributed by atoms with Crippen LogP contribution in [0.25, 0.3) is 0 Å². The number of carbonyl (C=O) groups is 1. The Kier molecular flexibility index (Phi) is 3.96. The normalized spacial score (nSPS) is 27.5. The molecule has 0 saturated heterocycles. The summed E-state index contributed by atoms with van der Waals surface area (Å²) >= 11 is 0. The molecule has 88 valence electrons. The lowest BCUT2D eigenvalue weighted by Crippen LogP contribution is -2.45. The molecule has 3 nitrogen and oxygen atoms in total. The molecule has 0 aliphatic heterocycles. The SMILES string of the molecule is NC1CCCCC1C(=O)NCC(F)(F)F. The van der Waals surface area contributed by atoms with Gasteiger partial charge in [0.25, 0.3) is 0 Å². The van der Waals surface area contributed by atoms with Gasteiger partial charge in [0.15, 0.2) is 0 Å². The molecule has 6 heteroatoms. The van der Waals surface area contributed by atoms with Crippen molar-refractivity contribution in [2.24, 2.45) is 11.7 Å². The minimum atomic E-state index is -4.35. The lowest BCUT2D eigenvalue weighted by Gasteiger charge is -2.27. The maximum atomic E-state index is 11.8. The van der Waals surface area contributed by atoms with Gasteiger partial charge >= 0.3 is 6.18 Å². The van der Waals surface area contributed by atoms with Crippen molar-refractivity contribution in [2.45, 2.75) is 37.9 Å². The van der Waals surface area contributed by atoms with E-state index in [1.165, 1.54) is 0 Å². The topological polar surface area (TPSA) is 55.1 Å². The highest BCUT2D eigenvalue weighted by Crippen LogP contribution is 2.23. The lowest BCUT2D eigenvalue weighted by molar-refractivity contribution is -0.141. The van der Waals surface area contributed by atoms with E-state index in [1.807, 2.05) is 5.32 Å². The Morgan fingerprint density at radius 3 is 2.47 bits per heavy atom. The summed E-state index contributed by atoms with van der Waals surface area (Å²) < 4.78 is 35.5. The molecular weight excluding hydrogens is 209 g/mol. The van der Waals surface area contributed by atoms with Crippen molar-refractivity contribution in [3.8, 4) is 0 Å². The van der Waals surface area contributed by atoms with Gasteiger partial charge in [0.2, 0.25) is 5.91 Å². The molecule has 2 atom stereocenters. The summed E-state index contributed by atoms with van der Waals surface area (Å²) in [6, 6.07) is -0.299. The summed E-state index contributed by atoms with van der Waals surface area (Å²) in [5.74, 6) is -1.03. The van der Waals surface area contributed by atoms with Crippen molar-refractivity contribution < 1.29 is 18.0 Å². The largest absolute Gasteiger partial charge is 0.405 e. The fourth-order valence-corrected chi connectivity index (χ4v) is 1.80. The van der Waals surface area contributed by atoms with Crippen molar-refractivity contribution >= 4 is 5.91 Å². The Morgan fingerprint density at radius 2 is 1.93 bits per heavy atom. The van der Waals surface area contributed by atoms with Gasteiger partial charge in [-0.15, -0.1) is 0 Å². The van der Waals surface area contributed by atoms with E-state index in [1.54, 1.807) is 0 Å². The number of hydrogen-bond acceptors (Lipinski definition) is 2. The fraction of sp³-hybridized carbons (Fsp3) is 0.889. The molecular formula is C9H15F3N2O. The Bertz CT molecular complexity index is 230. The quantitative estimate of drug-likeness (QED) is 0.740. The molecule has 0 spiro atoms. The molecule has 0 heterocycles. The second kappa shape index (κ2) is 4.83. The smallest absolute Gasteiger partial charge is 0.347 e. The molecule has 2 unspecified atom stereocenters. The predicted molar refractivity (Wildman–Crippen MR) is 49.0 cm³/mol. The van der Waals surface area contributed by atoms with E-state index in [4.69, 9.17) is 5.73 Å². The standard InChI is InChI=1S/C9H15F3N2O/c10-9(11,12)5-14-8(15)6-3-1-2-4-7(6)13/h6-7H,1-5,13H2,(H,14,15). The average Bonchev–Trinajstić information content (AvgIpc) is 2.14. The van der Waals surface area contributed by atoms with Crippen molar-refractivity contribution in [1.29, 1.82) is 0 Å². The molecule has 1 fully saturated rings. The van der Waals surface area contributed by atoms with Crippen LogP contribution in [0.5, 0.6) is 0 Å². The first-order valence-electron chi connectivity index (χ1n) is 5.00. The first kappa shape index (κ1) is 12.3. The van der Waals surface area contributed by atoms with Gasteiger partial charge in [-0.1, -0.05) is 12.8 Å². The van der Waals surface area contributed by atoms with E-state index in [-0.39, 0.29) is 6.04 Å². The molecule has 0 aromatic rings. The van der Waals surface area contributed by atoms with Crippen molar-refractivity contribution in [2.75, 3.05) is 6.54 Å². The molecule has 1 amide bonds. The Morgan fingerprint density at radius 1 is 1.33 bits per heavy atom. The number of alkyl halides is 3. The molecule has 0 bridgehead atoms. The third kappa shape index (κ3) is 4.07. The maximum absolute atomic E-state index is 11.8. The number of hydrogen-bond donors (Lipinski definition) is 2. The zero-order valence-corrected chi connectivity index (χ0v) is 8.31. The van der Waals surface area contributed by atoms with Gasteiger partial charge < -0.3 is 11.1 Å². The Balaban J connectivity index is 2.39. The van der Waals surface area contributed by atoms with Crippen LogP contribution in [0.2, 0.25) is 0 Å². The van der Waals surface area contributed by atoms with Crippen molar-refractivity contribution in [3.63, 3.8) is 0 Å². The number of halogens is 3. The van der Waals surface area contributed by atoms with Crippen molar-refractivity contribution in [3.05, 3.63) is 0 Å². The molecule has 15 heavy (non-hydrogen) atoms. The van der Waals surface area contributed by atoms with Gasteiger partial charge in [0.1, 0.15) is 6.54 Å². The minimum absolute atomic E-state index is 0.299. The van der Waals surface area contributed by atoms with Gasteiger partial charge in [0.05, 0.1) is 5.92 Å². The van der Waals surface area contributed by atoms with Crippen LogP contribution in [-0.4, -0.2) is 24.7 Å². The fourth-order valence-electron chi connectivity index (χ4n) is 1.80. The van der Waals surface area contributed by atoms with Crippen LogP contribution in [-0.2, 0) is 4.79 Å². The van der Waals surface area contributed by atoms with E-state index in [2.05, 4.69) is 0 Å². The summed E-state index contributed by atoms with van der Waals surface area (Å²) in [4.78, 5) is 11.4. The predicted octanol–water partition coefficient (Wildman–Crippen LogP) is 1.18. The van der Waals surface area contributed by atoms with E-state index in [0.717, 1.165) is 12.8 Å². The minimum Gasteiger partial charge on any atom is -0.347 e. The third-order valence-electron chi connectivity index (χ3n) is 2.62. The van der Waals surface area contributed by atoms with E-state index < -0.39 is 24.5 Å². The van der Waals surface area contributed by atoms with Crippen LogP contribution in [0.15, 0.2) is 0 Å². The number of nitrogens with two attached hydrogens (primary N) is 1. The number of nitrogens with one attached hydrogen (secondary N) is 1. The van der Waals surface area contributed by atoms with Crippen LogP contribution in [0.3, 0.4) is 0 Å². The zero-order chi connectivity index (χ0) is 11.5. The van der Waals surface area contributed by atoms with Gasteiger partial charge in [-0.2, -0.15) is 13.2 Å². The van der Waals surface area contributed by atoms with Crippen LogP contribution < -0.4 is 11.1 Å². The maximum Gasteiger partial charge on any atom is 0.405 e. The summed E-state index contributed by atoms with van der Waals surface area (Å²) in [6.45, 7) is -1.27. The molecule has 0 aromatic carbocycles.